The van der Waals surface area contributed by atoms with Crippen LogP contribution in [0.4, 0.5) is 5.69 Å². The first-order valence-electron chi connectivity index (χ1n) is 11.0. The van der Waals surface area contributed by atoms with Crippen molar-refractivity contribution in [3.05, 3.63) is 90.6 Å². The van der Waals surface area contributed by atoms with Crippen molar-refractivity contribution in [3.8, 4) is 5.75 Å². The molecule has 182 valence electrons. The Morgan fingerprint density at radius 3 is 2.36 bits per heavy atom. The van der Waals surface area contributed by atoms with Crippen LogP contribution in [-0.4, -0.2) is 36.6 Å². The molecule has 0 radical (unpaired) electrons. The van der Waals surface area contributed by atoms with Crippen molar-refractivity contribution in [2.75, 3.05) is 19.1 Å². The van der Waals surface area contributed by atoms with Gasteiger partial charge in [-0.2, -0.15) is 0 Å². The van der Waals surface area contributed by atoms with Gasteiger partial charge in [-0.05, 0) is 30.7 Å². The third-order valence-corrected chi connectivity index (χ3v) is 7.26. The molecule has 0 saturated carbocycles. The summed E-state index contributed by atoms with van der Waals surface area (Å²) in [5, 5.41) is 0. The number of hydrogen-bond acceptors (Lipinski definition) is 8. The van der Waals surface area contributed by atoms with Gasteiger partial charge >= 0.3 is 5.97 Å². The van der Waals surface area contributed by atoms with Gasteiger partial charge in [0, 0.05) is 12.5 Å². The summed E-state index contributed by atoms with van der Waals surface area (Å²) in [6.45, 7) is 2.98. The van der Waals surface area contributed by atoms with Crippen molar-refractivity contribution in [1.82, 2.24) is 4.57 Å². The zero-order valence-electron chi connectivity index (χ0n) is 19.9. The fraction of sp³-hybridized carbons (Fsp3) is 0.192. The first-order valence-corrected chi connectivity index (χ1v) is 11.8. The van der Waals surface area contributed by atoms with Crippen molar-refractivity contribution in [2.45, 2.75) is 19.9 Å². The summed E-state index contributed by atoms with van der Waals surface area (Å²) < 4.78 is 11.8. The Labute approximate surface area is 209 Å². The number of carbonyl (C=O) groups is 3. The lowest BCUT2D eigenvalue weighted by atomic mass is 9.96. The molecule has 2 aliphatic rings. The number of carbonyl (C=O) groups excluding carboxylic acids is 3. The Morgan fingerprint density at radius 2 is 1.72 bits per heavy atom. The van der Waals surface area contributed by atoms with Gasteiger partial charge in [-0.25, -0.2) is 14.7 Å². The number of para-hydroxylation sites is 1. The first kappa shape index (κ1) is 23.4. The lowest BCUT2D eigenvalue weighted by molar-refractivity contribution is -0.136. The number of hydrogen-bond donors (Lipinski definition) is 0. The molecule has 0 bridgehead atoms. The standard InChI is InChI=1S/C26H21N3O6S/c1-13-19(25(33)35-4)21(15-9-11-16(34-3)12-10-15)29-24(32)22(36-26(29)27-13)20-17-7-5-6-8-18(17)28(14(2)30)23(20)31/h5-12,21H,1-4H3/b22-20+/t21-/m1/s1. The van der Waals surface area contributed by atoms with Gasteiger partial charge in [-0.1, -0.05) is 41.7 Å². The lowest BCUT2D eigenvalue weighted by Gasteiger charge is -2.24. The molecule has 9 nitrogen and oxygen atoms in total. The maximum Gasteiger partial charge on any atom is 0.338 e. The summed E-state index contributed by atoms with van der Waals surface area (Å²) in [4.78, 5) is 58.3. The molecule has 2 aliphatic heterocycles. The van der Waals surface area contributed by atoms with Gasteiger partial charge in [0.25, 0.3) is 11.5 Å². The van der Waals surface area contributed by atoms with E-state index in [4.69, 9.17) is 9.47 Å². The number of imide groups is 1. The Bertz CT molecular complexity index is 1660. The van der Waals surface area contributed by atoms with Crippen LogP contribution in [0, 0.1) is 0 Å². The van der Waals surface area contributed by atoms with Crippen molar-refractivity contribution >= 4 is 40.4 Å². The third-order valence-electron chi connectivity index (χ3n) is 6.21. The average Bonchev–Trinajstić information content (AvgIpc) is 3.35. The number of amides is 2. The number of fused-ring (bicyclic) bond motifs is 2. The Kier molecular flexibility index (Phi) is 5.68. The number of methoxy groups -OCH3 is 2. The molecule has 0 aliphatic carbocycles. The molecule has 3 heterocycles. The smallest absolute Gasteiger partial charge is 0.338 e. The van der Waals surface area contributed by atoms with E-state index in [0.29, 0.717) is 33.1 Å². The summed E-state index contributed by atoms with van der Waals surface area (Å²) in [5.74, 6) is -1.01. The summed E-state index contributed by atoms with van der Waals surface area (Å²) in [5.41, 5.74) is 1.84. The van der Waals surface area contributed by atoms with Crippen LogP contribution < -0.4 is 24.5 Å². The van der Waals surface area contributed by atoms with E-state index in [1.807, 2.05) is 0 Å². The number of thiazole rings is 1. The minimum atomic E-state index is -0.829. The van der Waals surface area contributed by atoms with Gasteiger partial charge in [0.1, 0.15) is 10.3 Å². The van der Waals surface area contributed by atoms with Crippen LogP contribution in [0.15, 0.2) is 69.6 Å². The van der Waals surface area contributed by atoms with Gasteiger partial charge in [0.05, 0.1) is 42.8 Å². The number of rotatable bonds is 3. The van der Waals surface area contributed by atoms with E-state index >= 15 is 0 Å². The Morgan fingerprint density at radius 1 is 1.03 bits per heavy atom. The average molecular weight is 504 g/mol. The maximum atomic E-state index is 13.9. The van der Waals surface area contributed by atoms with E-state index in [-0.39, 0.29) is 15.7 Å². The molecule has 0 fully saturated rings. The molecule has 1 aromatic heterocycles. The van der Waals surface area contributed by atoms with Crippen LogP contribution in [0.1, 0.15) is 31.0 Å². The van der Waals surface area contributed by atoms with Crippen LogP contribution in [0.2, 0.25) is 0 Å². The van der Waals surface area contributed by atoms with E-state index < -0.39 is 29.4 Å². The molecular formula is C26H21N3O6S. The van der Waals surface area contributed by atoms with Crippen LogP contribution in [0.3, 0.4) is 0 Å². The van der Waals surface area contributed by atoms with Crippen LogP contribution in [0.25, 0.3) is 5.57 Å². The van der Waals surface area contributed by atoms with Crippen LogP contribution >= 0.6 is 11.3 Å². The fourth-order valence-corrected chi connectivity index (χ4v) is 5.73. The number of nitrogens with zero attached hydrogens (tertiary/aromatic N) is 3. The summed E-state index contributed by atoms with van der Waals surface area (Å²) in [6, 6.07) is 13.0. The van der Waals surface area contributed by atoms with Crippen LogP contribution in [-0.2, 0) is 19.1 Å². The third kappa shape index (κ3) is 3.41. The van der Waals surface area contributed by atoms with Gasteiger partial charge in [-0.15, -0.1) is 0 Å². The molecule has 36 heavy (non-hydrogen) atoms. The van der Waals surface area contributed by atoms with Gasteiger partial charge in [0.15, 0.2) is 4.80 Å². The maximum absolute atomic E-state index is 13.9. The Hall–Kier alpha value is -4.31. The minimum absolute atomic E-state index is 0.138. The Balaban J connectivity index is 1.83. The van der Waals surface area contributed by atoms with Crippen LogP contribution in [0.5, 0.6) is 5.75 Å². The summed E-state index contributed by atoms with van der Waals surface area (Å²) >= 11 is 1.05. The largest absolute Gasteiger partial charge is 0.497 e. The topological polar surface area (TPSA) is 107 Å². The second kappa shape index (κ2) is 8.72. The number of anilines is 1. The highest BCUT2D eigenvalue weighted by Crippen LogP contribution is 2.36. The predicted octanol–water partition coefficient (Wildman–Crippen LogP) is 1.68. The first-order chi connectivity index (χ1) is 17.3. The van der Waals surface area contributed by atoms with Crippen molar-refractivity contribution in [1.29, 1.82) is 0 Å². The molecule has 2 amide bonds. The van der Waals surface area contributed by atoms with Gasteiger partial charge in [-0.3, -0.25) is 19.0 Å². The molecule has 3 aromatic rings. The monoisotopic (exact) mass is 503 g/mol. The molecule has 0 spiro atoms. The number of esters is 1. The van der Waals surface area contributed by atoms with E-state index in [1.54, 1.807) is 62.6 Å². The predicted molar refractivity (Wildman–Crippen MR) is 132 cm³/mol. The number of allylic oxidation sites excluding steroid dienone is 1. The fourth-order valence-electron chi connectivity index (χ4n) is 4.59. The summed E-state index contributed by atoms with van der Waals surface area (Å²) in [6.07, 6.45) is 0. The number of ether oxygens (including phenoxy) is 2. The van der Waals surface area contributed by atoms with E-state index in [2.05, 4.69) is 4.99 Å². The number of benzene rings is 2. The molecule has 5 rings (SSSR count). The van der Waals surface area contributed by atoms with Gasteiger partial charge in [0.2, 0.25) is 5.91 Å². The molecule has 0 N–H and O–H groups in total. The summed E-state index contributed by atoms with van der Waals surface area (Å²) in [7, 11) is 2.82. The second-order valence-corrected chi connectivity index (χ2v) is 9.20. The molecule has 1 atom stereocenters. The zero-order valence-corrected chi connectivity index (χ0v) is 20.7. The molecule has 0 unspecified atom stereocenters. The SMILES string of the molecule is COC(=O)C1=C(C)N=c2s/c(=C3/C(=O)N(C(C)=O)c4ccccc43)c(=O)n2[C@@H]1c1ccc(OC)cc1. The van der Waals surface area contributed by atoms with Crippen molar-refractivity contribution in [3.63, 3.8) is 0 Å². The zero-order chi connectivity index (χ0) is 25.7. The highest BCUT2D eigenvalue weighted by molar-refractivity contribution is 7.07. The molecular weight excluding hydrogens is 482 g/mol. The minimum Gasteiger partial charge on any atom is -0.497 e. The lowest BCUT2D eigenvalue weighted by Crippen LogP contribution is -2.41. The van der Waals surface area contributed by atoms with E-state index in [1.165, 1.54) is 18.6 Å². The second-order valence-electron chi connectivity index (χ2n) is 8.22. The number of aromatic nitrogens is 1. The molecule has 2 aromatic carbocycles. The van der Waals surface area contributed by atoms with Gasteiger partial charge < -0.3 is 9.47 Å². The van der Waals surface area contributed by atoms with Crippen molar-refractivity contribution < 1.29 is 23.9 Å². The molecule has 10 heteroatoms. The normalized spacial score (nSPS) is 17.9. The quantitative estimate of drug-likeness (QED) is 0.504. The highest BCUT2D eigenvalue weighted by Gasteiger charge is 2.38. The van der Waals surface area contributed by atoms with E-state index in [0.717, 1.165) is 16.2 Å². The van der Waals surface area contributed by atoms with Crippen molar-refractivity contribution in [2.24, 2.45) is 4.99 Å². The van der Waals surface area contributed by atoms with E-state index in [9.17, 15) is 19.2 Å². The molecule has 0 saturated heterocycles. The highest BCUT2D eigenvalue weighted by atomic mass is 32.1.